The molecule has 0 heterocycles. The molecule has 0 unspecified atom stereocenters. The van der Waals surface area contributed by atoms with Crippen LogP contribution in [0.5, 0.6) is 0 Å². The van der Waals surface area contributed by atoms with Crippen LogP contribution < -0.4 is 0 Å². The van der Waals surface area contributed by atoms with Gasteiger partial charge in [-0.25, -0.2) is 16.9 Å². The monoisotopic (exact) mass is 329 g/mol. The van der Waals surface area contributed by atoms with Gasteiger partial charge in [0.25, 0.3) is 5.95 Å². The average Bonchev–Trinajstić information content (AvgIpc) is 3.18. The molecule has 1 aromatic rings. The maximum Gasteiger partial charge on any atom is 0.330 e. The molecule has 0 atom stereocenters. The van der Waals surface area contributed by atoms with Crippen LogP contribution in [0.3, 0.4) is 0 Å². The number of carbonyl (C=O) groups is 1. The molecule has 0 saturated carbocycles. The minimum absolute atomic E-state index is 0. The number of allylic oxidation sites excluding steroid dienone is 5. The molecule has 2 rings (SSSR count). The molecule has 0 saturated heterocycles. The average molecular weight is 329 g/mol. The second kappa shape index (κ2) is 11.7. The van der Waals surface area contributed by atoms with Gasteiger partial charge in [0.05, 0.1) is 5.57 Å². The summed E-state index contributed by atoms with van der Waals surface area (Å²) >= 11 is 0. The Morgan fingerprint density at radius 3 is 2.24 bits per heavy atom. The SMILES string of the molecule is C=CC(=O)OCCOC(O)=C1C=CC=C1.[Fe].c1cc[cH-]c1. The van der Waals surface area contributed by atoms with E-state index in [9.17, 15) is 9.90 Å². The van der Waals surface area contributed by atoms with Crippen molar-refractivity contribution in [3.05, 3.63) is 78.8 Å². The fourth-order valence-electron chi connectivity index (χ4n) is 1.26. The largest absolute Gasteiger partial charge is 0.481 e. The topological polar surface area (TPSA) is 55.8 Å². The standard InChI is InChI=1S/C11H12O4.C5H5.Fe/c1-2-10(12)14-7-8-15-11(13)9-5-3-4-6-9;1-2-4-5-3-1;/h2-6,13H,1,7-8H2;1-5H;/q;-1;. The Hall–Kier alpha value is -2.10. The number of hydrogen-bond acceptors (Lipinski definition) is 4. The number of esters is 1. The Bertz CT molecular complexity index is 467. The van der Waals surface area contributed by atoms with Gasteiger partial charge in [-0.05, 0) is 12.2 Å². The van der Waals surface area contributed by atoms with Crippen molar-refractivity contribution in [3.63, 3.8) is 0 Å². The third kappa shape index (κ3) is 8.63. The van der Waals surface area contributed by atoms with Gasteiger partial charge < -0.3 is 14.6 Å². The molecule has 114 valence electrons. The van der Waals surface area contributed by atoms with E-state index in [0.29, 0.717) is 5.57 Å². The zero-order chi connectivity index (χ0) is 14.6. The van der Waals surface area contributed by atoms with Crippen molar-refractivity contribution in [2.24, 2.45) is 0 Å². The van der Waals surface area contributed by atoms with E-state index in [2.05, 4.69) is 11.3 Å². The zero-order valence-electron chi connectivity index (χ0n) is 11.4. The fraction of sp³-hybridized carbons (Fsp3) is 0.125. The first-order valence-corrected chi connectivity index (χ1v) is 6.10. The molecule has 5 heteroatoms. The summed E-state index contributed by atoms with van der Waals surface area (Å²) in [7, 11) is 0. The minimum atomic E-state index is -0.508. The van der Waals surface area contributed by atoms with Crippen molar-refractivity contribution in [1.29, 1.82) is 0 Å². The molecular weight excluding hydrogens is 312 g/mol. The Morgan fingerprint density at radius 2 is 1.76 bits per heavy atom. The van der Waals surface area contributed by atoms with E-state index in [1.165, 1.54) is 0 Å². The first kappa shape index (κ1) is 18.9. The molecule has 21 heavy (non-hydrogen) atoms. The predicted octanol–water partition coefficient (Wildman–Crippen LogP) is 3.03. The Kier molecular flexibility index (Phi) is 10.5. The van der Waals surface area contributed by atoms with Gasteiger partial charge in [-0.3, -0.25) is 0 Å². The molecule has 0 aromatic heterocycles. The van der Waals surface area contributed by atoms with Crippen LogP contribution in [0, 0.1) is 0 Å². The maximum atomic E-state index is 10.6. The van der Waals surface area contributed by atoms with E-state index < -0.39 is 5.97 Å². The van der Waals surface area contributed by atoms with Gasteiger partial charge in [0, 0.05) is 23.1 Å². The number of rotatable bonds is 5. The van der Waals surface area contributed by atoms with Gasteiger partial charge in [0.15, 0.2) is 0 Å². The number of carbonyl (C=O) groups excluding carboxylic acids is 1. The van der Waals surface area contributed by atoms with Crippen LogP contribution in [0.15, 0.2) is 78.8 Å². The molecule has 1 aliphatic carbocycles. The van der Waals surface area contributed by atoms with Gasteiger partial charge in [0.1, 0.15) is 13.2 Å². The predicted molar refractivity (Wildman–Crippen MR) is 77.1 cm³/mol. The van der Waals surface area contributed by atoms with Crippen molar-refractivity contribution in [3.8, 4) is 0 Å². The van der Waals surface area contributed by atoms with E-state index in [4.69, 9.17) is 4.74 Å². The Balaban J connectivity index is 0.000000562. The molecule has 1 N–H and O–H groups in total. The summed E-state index contributed by atoms with van der Waals surface area (Å²) in [5, 5.41) is 9.37. The van der Waals surface area contributed by atoms with E-state index >= 15 is 0 Å². The van der Waals surface area contributed by atoms with E-state index in [1.54, 1.807) is 24.3 Å². The van der Waals surface area contributed by atoms with Crippen LogP contribution in [0.2, 0.25) is 0 Å². The van der Waals surface area contributed by atoms with Gasteiger partial charge in [0.2, 0.25) is 0 Å². The summed E-state index contributed by atoms with van der Waals surface area (Å²) in [6.45, 7) is 3.43. The van der Waals surface area contributed by atoms with Gasteiger partial charge in [-0.1, -0.05) is 18.7 Å². The first-order chi connectivity index (χ1) is 9.74. The number of hydrogen-bond donors (Lipinski definition) is 1. The van der Waals surface area contributed by atoms with Crippen molar-refractivity contribution >= 4 is 5.97 Å². The van der Waals surface area contributed by atoms with E-state index in [-0.39, 0.29) is 36.2 Å². The van der Waals surface area contributed by atoms with Crippen LogP contribution in [0.4, 0.5) is 0 Å². The molecular formula is C16H17FeO4-. The quantitative estimate of drug-likeness (QED) is 0.225. The van der Waals surface area contributed by atoms with Crippen molar-refractivity contribution in [2.75, 3.05) is 13.2 Å². The van der Waals surface area contributed by atoms with Gasteiger partial charge in [-0.2, -0.15) is 18.2 Å². The van der Waals surface area contributed by atoms with E-state index in [1.807, 2.05) is 30.3 Å². The summed E-state index contributed by atoms with van der Waals surface area (Å²) < 4.78 is 9.59. The first-order valence-electron chi connectivity index (χ1n) is 6.10. The van der Waals surface area contributed by atoms with Crippen LogP contribution in [-0.4, -0.2) is 24.3 Å². The van der Waals surface area contributed by atoms with Crippen molar-refractivity contribution in [1.82, 2.24) is 0 Å². The summed E-state index contributed by atoms with van der Waals surface area (Å²) in [6.07, 6.45) is 8.07. The van der Waals surface area contributed by atoms with Crippen LogP contribution in [0.1, 0.15) is 0 Å². The third-order valence-electron chi connectivity index (χ3n) is 2.20. The second-order valence-electron chi connectivity index (χ2n) is 3.66. The number of aliphatic hydroxyl groups excluding tert-OH is 1. The smallest absolute Gasteiger partial charge is 0.330 e. The third-order valence-corrected chi connectivity index (χ3v) is 2.20. The minimum Gasteiger partial charge on any atom is -0.481 e. The molecule has 4 nitrogen and oxygen atoms in total. The molecule has 0 amide bonds. The summed E-state index contributed by atoms with van der Waals surface area (Å²) in [5.74, 6) is -0.680. The Morgan fingerprint density at radius 1 is 1.19 bits per heavy atom. The summed E-state index contributed by atoms with van der Waals surface area (Å²) in [6, 6.07) is 10.0. The zero-order valence-corrected chi connectivity index (χ0v) is 12.5. The summed E-state index contributed by atoms with van der Waals surface area (Å²) in [5.41, 5.74) is 0.602. The molecule has 1 aromatic carbocycles. The van der Waals surface area contributed by atoms with Crippen LogP contribution in [-0.2, 0) is 31.3 Å². The van der Waals surface area contributed by atoms with E-state index in [0.717, 1.165) is 6.08 Å². The maximum absolute atomic E-state index is 10.6. The molecule has 0 bridgehead atoms. The Labute approximate surface area is 134 Å². The normalized spacial score (nSPS) is 11.0. The van der Waals surface area contributed by atoms with Crippen molar-refractivity contribution < 1.29 is 36.4 Å². The second-order valence-corrected chi connectivity index (χ2v) is 3.66. The van der Waals surface area contributed by atoms with Gasteiger partial charge in [-0.15, -0.1) is 0 Å². The molecule has 0 aliphatic heterocycles. The molecule has 0 fully saturated rings. The number of aliphatic hydroxyl groups is 1. The molecule has 0 spiro atoms. The van der Waals surface area contributed by atoms with Crippen LogP contribution in [0.25, 0.3) is 0 Å². The molecule has 0 radical (unpaired) electrons. The van der Waals surface area contributed by atoms with Crippen molar-refractivity contribution in [2.45, 2.75) is 0 Å². The van der Waals surface area contributed by atoms with Gasteiger partial charge >= 0.3 is 5.97 Å². The molecule has 1 aliphatic rings. The number of ether oxygens (including phenoxy) is 2. The summed E-state index contributed by atoms with van der Waals surface area (Å²) in [4.78, 5) is 10.6. The fourth-order valence-corrected chi connectivity index (χ4v) is 1.26. The van der Waals surface area contributed by atoms with Crippen LogP contribution >= 0.6 is 0 Å².